The summed E-state index contributed by atoms with van der Waals surface area (Å²) >= 11 is 0. The number of rotatable bonds is 3. The second-order valence-electron chi connectivity index (χ2n) is 5.86. The average Bonchev–Trinajstić information content (AvgIpc) is 2.34. The van der Waals surface area contributed by atoms with Gasteiger partial charge >= 0.3 is 6.09 Å². The van der Waals surface area contributed by atoms with E-state index in [1.165, 1.54) is 0 Å². The molecule has 0 aromatic carbocycles. The summed E-state index contributed by atoms with van der Waals surface area (Å²) in [4.78, 5) is 25.0. The number of ether oxygens (including phenoxy) is 1. The molecular formula is C13H24N2O4. The fraction of sp³-hybridized carbons (Fsp3) is 0.846. The maximum absolute atomic E-state index is 11.9. The second-order valence-corrected chi connectivity index (χ2v) is 5.86. The number of alkyl carbamates (subject to hydrolysis) is 1. The van der Waals surface area contributed by atoms with Crippen LogP contribution in [0.25, 0.3) is 0 Å². The fourth-order valence-corrected chi connectivity index (χ4v) is 1.94. The first-order valence-electron chi connectivity index (χ1n) is 6.67. The quantitative estimate of drug-likeness (QED) is 0.794. The van der Waals surface area contributed by atoms with E-state index >= 15 is 0 Å². The van der Waals surface area contributed by atoms with Crippen molar-refractivity contribution in [3.8, 4) is 0 Å². The van der Waals surface area contributed by atoms with Gasteiger partial charge in [-0.3, -0.25) is 4.79 Å². The Morgan fingerprint density at radius 3 is 2.37 bits per heavy atom. The zero-order valence-corrected chi connectivity index (χ0v) is 11.9. The Kier molecular flexibility index (Phi) is 5.60. The highest BCUT2D eigenvalue weighted by Gasteiger charge is 2.23. The van der Waals surface area contributed by atoms with Crippen molar-refractivity contribution in [3.05, 3.63) is 0 Å². The third-order valence-corrected chi connectivity index (χ3v) is 3.01. The Bertz CT molecular complexity index is 317. The van der Waals surface area contributed by atoms with Crippen LogP contribution < -0.4 is 5.32 Å². The van der Waals surface area contributed by atoms with Crippen molar-refractivity contribution >= 4 is 12.0 Å². The molecule has 0 atom stereocenters. The Morgan fingerprint density at radius 2 is 1.89 bits per heavy atom. The van der Waals surface area contributed by atoms with Crippen molar-refractivity contribution < 1.29 is 19.4 Å². The van der Waals surface area contributed by atoms with Crippen LogP contribution in [0, 0.1) is 5.92 Å². The van der Waals surface area contributed by atoms with Crippen LogP contribution in [-0.4, -0.2) is 53.8 Å². The molecule has 6 nitrogen and oxygen atoms in total. The molecule has 0 aliphatic carbocycles. The normalized spacial score (nSPS) is 17.2. The van der Waals surface area contributed by atoms with Crippen molar-refractivity contribution in [3.63, 3.8) is 0 Å². The summed E-state index contributed by atoms with van der Waals surface area (Å²) < 4.78 is 5.06. The largest absolute Gasteiger partial charge is 0.444 e. The molecule has 1 rings (SSSR count). The number of nitrogens with zero attached hydrogens (tertiary/aromatic N) is 1. The topological polar surface area (TPSA) is 78.9 Å². The van der Waals surface area contributed by atoms with Gasteiger partial charge in [0, 0.05) is 19.7 Å². The summed E-state index contributed by atoms with van der Waals surface area (Å²) in [5.41, 5.74) is -0.563. The van der Waals surface area contributed by atoms with E-state index in [1.54, 1.807) is 25.7 Å². The Hall–Kier alpha value is -1.30. The molecule has 1 saturated heterocycles. The molecule has 1 aliphatic rings. The summed E-state index contributed by atoms with van der Waals surface area (Å²) in [6.07, 6.45) is 1.05. The number of carbonyl (C=O) groups is 2. The minimum absolute atomic E-state index is 0.0430. The molecule has 1 fully saturated rings. The van der Waals surface area contributed by atoms with Gasteiger partial charge in [-0.05, 0) is 39.5 Å². The van der Waals surface area contributed by atoms with E-state index in [0.717, 1.165) is 12.8 Å². The van der Waals surface area contributed by atoms with Gasteiger partial charge in [0.25, 0.3) is 0 Å². The summed E-state index contributed by atoms with van der Waals surface area (Å²) in [7, 11) is 0. The first-order valence-corrected chi connectivity index (χ1v) is 6.67. The van der Waals surface area contributed by atoms with Crippen LogP contribution in [0.3, 0.4) is 0 Å². The van der Waals surface area contributed by atoms with Crippen LogP contribution in [0.2, 0.25) is 0 Å². The average molecular weight is 272 g/mol. The molecule has 0 saturated carbocycles. The molecule has 0 aromatic rings. The number of hydrogen-bond acceptors (Lipinski definition) is 4. The number of amides is 2. The van der Waals surface area contributed by atoms with Gasteiger partial charge in [0.15, 0.2) is 0 Å². The number of aliphatic hydroxyl groups is 1. The fourth-order valence-electron chi connectivity index (χ4n) is 1.94. The highest BCUT2D eigenvalue weighted by molar-refractivity contribution is 5.82. The summed E-state index contributed by atoms with van der Waals surface area (Å²) in [5.74, 6) is 0.185. The highest BCUT2D eigenvalue weighted by atomic mass is 16.6. The summed E-state index contributed by atoms with van der Waals surface area (Å²) in [6.45, 7) is 6.73. The molecule has 0 radical (unpaired) electrons. The van der Waals surface area contributed by atoms with Crippen LogP contribution in [-0.2, 0) is 9.53 Å². The SMILES string of the molecule is CC(C)(C)OC(=O)NCC(=O)N1CCC(CO)CC1. The number of carbonyl (C=O) groups excluding carboxylic acids is 2. The Morgan fingerprint density at radius 1 is 1.32 bits per heavy atom. The van der Waals surface area contributed by atoms with E-state index in [1.807, 2.05) is 0 Å². The molecule has 2 amide bonds. The summed E-state index contributed by atoms with van der Waals surface area (Å²) in [6, 6.07) is 0. The van der Waals surface area contributed by atoms with E-state index in [4.69, 9.17) is 9.84 Å². The van der Waals surface area contributed by atoms with Crippen LogP contribution in [0.5, 0.6) is 0 Å². The summed E-state index contributed by atoms with van der Waals surface area (Å²) in [5, 5.41) is 11.5. The molecule has 1 heterocycles. The third kappa shape index (κ3) is 5.92. The lowest BCUT2D eigenvalue weighted by atomic mass is 9.98. The van der Waals surface area contributed by atoms with E-state index in [2.05, 4.69) is 5.32 Å². The zero-order chi connectivity index (χ0) is 14.5. The van der Waals surface area contributed by atoms with Crippen molar-refractivity contribution in [2.24, 2.45) is 5.92 Å². The molecule has 2 N–H and O–H groups in total. The standard InChI is InChI=1S/C13H24N2O4/c1-13(2,3)19-12(18)14-8-11(17)15-6-4-10(9-16)5-7-15/h10,16H,4-9H2,1-3H3,(H,14,18). The lowest BCUT2D eigenvalue weighted by molar-refractivity contribution is -0.131. The zero-order valence-electron chi connectivity index (χ0n) is 11.9. The van der Waals surface area contributed by atoms with Gasteiger partial charge in [0.05, 0.1) is 0 Å². The predicted octanol–water partition coefficient (Wildman–Crippen LogP) is 0.742. The van der Waals surface area contributed by atoms with Crippen LogP contribution in [0.4, 0.5) is 4.79 Å². The van der Waals surface area contributed by atoms with Gasteiger partial charge in [-0.25, -0.2) is 4.79 Å². The monoisotopic (exact) mass is 272 g/mol. The lowest BCUT2D eigenvalue weighted by Gasteiger charge is -2.31. The third-order valence-electron chi connectivity index (χ3n) is 3.01. The molecule has 110 valence electrons. The maximum Gasteiger partial charge on any atom is 0.408 e. The molecule has 0 unspecified atom stereocenters. The van der Waals surface area contributed by atoms with Gasteiger partial charge in [-0.15, -0.1) is 0 Å². The predicted molar refractivity (Wildman–Crippen MR) is 70.6 cm³/mol. The number of hydrogen-bond donors (Lipinski definition) is 2. The molecule has 0 bridgehead atoms. The second kappa shape index (κ2) is 6.75. The van der Waals surface area contributed by atoms with Crippen molar-refractivity contribution in [2.75, 3.05) is 26.2 Å². The van der Waals surface area contributed by atoms with Gasteiger partial charge in [0.1, 0.15) is 12.1 Å². The van der Waals surface area contributed by atoms with Crippen LogP contribution >= 0.6 is 0 Å². The van der Waals surface area contributed by atoms with Crippen LogP contribution in [0.15, 0.2) is 0 Å². The molecule has 0 spiro atoms. The number of piperidine rings is 1. The van der Waals surface area contributed by atoms with Gasteiger partial charge in [-0.1, -0.05) is 0 Å². The number of aliphatic hydroxyl groups excluding tert-OH is 1. The Balaban J connectivity index is 2.27. The van der Waals surface area contributed by atoms with E-state index in [9.17, 15) is 9.59 Å². The van der Waals surface area contributed by atoms with Crippen molar-refractivity contribution in [2.45, 2.75) is 39.2 Å². The lowest BCUT2D eigenvalue weighted by Crippen LogP contribution is -2.45. The molecular weight excluding hydrogens is 248 g/mol. The van der Waals surface area contributed by atoms with Gasteiger partial charge < -0.3 is 20.1 Å². The van der Waals surface area contributed by atoms with Gasteiger partial charge in [0.2, 0.25) is 5.91 Å². The number of likely N-dealkylation sites (tertiary alicyclic amines) is 1. The minimum Gasteiger partial charge on any atom is -0.444 e. The highest BCUT2D eigenvalue weighted by Crippen LogP contribution is 2.16. The maximum atomic E-state index is 11.9. The Labute approximate surface area is 114 Å². The first-order chi connectivity index (χ1) is 8.81. The van der Waals surface area contributed by atoms with E-state index in [-0.39, 0.29) is 19.1 Å². The van der Waals surface area contributed by atoms with E-state index < -0.39 is 11.7 Å². The van der Waals surface area contributed by atoms with Gasteiger partial charge in [-0.2, -0.15) is 0 Å². The van der Waals surface area contributed by atoms with E-state index in [0.29, 0.717) is 19.0 Å². The molecule has 1 aliphatic heterocycles. The number of nitrogens with one attached hydrogen (secondary N) is 1. The first kappa shape index (κ1) is 15.8. The minimum atomic E-state index is -0.578. The van der Waals surface area contributed by atoms with Crippen molar-refractivity contribution in [1.82, 2.24) is 10.2 Å². The van der Waals surface area contributed by atoms with Crippen LogP contribution in [0.1, 0.15) is 33.6 Å². The molecule has 0 aromatic heterocycles. The smallest absolute Gasteiger partial charge is 0.408 e. The van der Waals surface area contributed by atoms with Crippen molar-refractivity contribution in [1.29, 1.82) is 0 Å². The molecule has 19 heavy (non-hydrogen) atoms. The molecule has 6 heteroatoms.